The molecule has 1 fully saturated rings. The molecule has 9 heteroatoms. The molecule has 0 bridgehead atoms. The highest BCUT2D eigenvalue weighted by Crippen LogP contribution is 2.31. The molecule has 1 amide bonds. The molecule has 1 aliphatic carbocycles. The lowest BCUT2D eigenvalue weighted by molar-refractivity contribution is 0.0712. The molecule has 1 aliphatic rings. The van der Waals surface area contributed by atoms with Crippen molar-refractivity contribution < 1.29 is 9.21 Å². The number of nitrogens with zero attached hydrogens (tertiary/aromatic N) is 5. The van der Waals surface area contributed by atoms with E-state index in [1.165, 1.54) is 0 Å². The van der Waals surface area contributed by atoms with Crippen LogP contribution in [-0.2, 0) is 13.1 Å². The van der Waals surface area contributed by atoms with E-state index in [9.17, 15) is 9.59 Å². The van der Waals surface area contributed by atoms with Crippen molar-refractivity contribution in [3.63, 3.8) is 0 Å². The summed E-state index contributed by atoms with van der Waals surface area (Å²) < 4.78 is 7.65. The second kappa shape index (κ2) is 8.44. The van der Waals surface area contributed by atoms with Crippen LogP contribution in [0.3, 0.4) is 0 Å². The average Bonchev–Trinajstić information content (AvgIpc) is 3.55. The molecule has 0 saturated heterocycles. The first kappa shape index (κ1) is 21.3. The van der Waals surface area contributed by atoms with Crippen LogP contribution in [0.2, 0.25) is 5.02 Å². The number of hydrogen-bond acceptors (Lipinski definition) is 6. The summed E-state index contributed by atoms with van der Waals surface area (Å²) in [5, 5.41) is 9.14. The zero-order valence-corrected chi connectivity index (χ0v) is 19.0. The minimum atomic E-state index is -0.343. The topological polar surface area (TPSA) is 94.1 Å². The van der Waals surface area contributed by atoms with Gasteiger partial charge in [0.2, 0.25) is 17.2 Å². The van der Waals surface area contributed by atoms with Gasteiger partial charge in [-0.25, -0.2) is 4.98 Å². The molecule has 0 N–H and O–H groups in total. The lowest BCUT2D eigenvalue weighted by atomic mass is 10.1. The van der Waals surface area contributed by atoms with Crippen LogP contribution in [0.5, 0.6) is 0 Å². The lowest BCUT2D eigenvalue weighted by Gasteiger charge is -2.21. The van der Waals surface area contributed by atoms with E-state index < -0.39 is 0 Å². The van der Waals surface area contributed by atoms with E-state index in [4.69, 9.17) is 16.0 Å². The van der Waals surface area contributed by atoms with Gasteiger partial charge in [0, 0.05) is 24.5 Å². The Hall–Kier alpha value is -3.52. The fourth-order valence-electron chi connectivity index (χ4n) is 3.87. The van der Waals surface area contributed by atoms with E-state index in [-0.39, 0.29) is 29.5 Å². The van der Waals surface area contributed by atoms with Crippen LogP contribution < -0.4 is 5.43 Å². The summed E-state index contributed by atoms with van der Waals surface area (Å²) in [6, 6.07) is 10.7. The zero-order chi connectivity index (χ0) is 23.1. The molecular formula is C24H22ClN5O3. The first-order valence-electron chi connectivity index (χ1n) is 10.8. The fourth-order valence-corrected chi connectivity index (χ4v) is 4.08. The first-order chi connectivity index (χ1) is 16.0. The summed E-state index contributed by atoms with van der Waals surface area (Å²) in [5.41, 5.74) is 1.82. The van der Waals surface area contributed by atoms with E-state index in [0.717, 1.165) is 18.5 Å². The monoisotopic (exact) mass is 463 g/mol. The molecule has 0 atom stereocenters. The van der Waals surface area contributed by atoms with Gasteiger partial charge in [-0.15, -0.1) is 10.2 Å². The Labute approximate surface area is 194 Å². The molecule has 8 nitrogen and oxygen atoms in total. The SMILES string of the molecule is CCn1cc(C(=O)N(Cc2nnc(-c3ccccc3Cl)o2)C2CC2)c(=O)c2ccc(C)nc21. The third kappa shape index (κ3) is 4.02. The normalized spacial score (nSPS) is 13.4. The highest BCUT2D eigenvalue weighted by Gasteiger charge is 2.35. The third-order valence-electron chi connectivity index (χ3n) is 5.76. The largest absolute Gasteiger partial charge is 0.419 e. The number of rotatable bonds is 6. The predicted molar refractivity (Wildman–Crippen MR) is 124 cm³/mol. The average molecular weight is 464 g/mol. The zero-order valence-electron chi connectivity index (χ0n) is 18.3. The quantitative estimate of drug-likeness (QED) is 0.424. The molecule has 0 unspecified atom stereocenters. The summed E-state index contributed by atoms with van der Waals surface area (Å²) in [6.45, 7) is 4.53. The van der Waals surface area contributed by atoms with Gasteiger partial charge in [0.15, 0.2) is 0 Å². The van der Waals surface area contributed by atoms with Gasteiger partial charge in [0.1, 0.15) is 11.2 Å². The van der Waals surface area contributed by atoms with Crippen molar-refractivity contribution in [3.8, 4) is 11.5 Å². The predicted octanol–water partition coefficient (Wildman–Crippen LogP) is 4.23. The standard InChI is InChI=1S/C24H22ClN5O3/c1-3-29-12-18(21(31)17-11-8-14(2)26-22(17)29)24(32)30(15-9-10-15)13-20-27-28-23(33-20)16-6-4-5-7-19(16)25/h4-8,11-12,15H,3,9-10,13H2,1-2H3. The van der Waals surface area contributed by atoms with Gasteiger partial charge in [0.05, 0.1) is 22.5 Å². The molecule has 0 radical (unpaired) electrons. The van der Waals surface area contributed by atoms with Crippen molar-refractivity contribution in [3.05, 3.63) is 75.0 Å². The summed E-state index contributed by atoms with van der Waals surface area (Å²) in [4.78, 5) is 32.9. The van der Waals surface area contributed by atoms with Crippen molar-refractivity contribution in [2.75, 3.05) is 0 Å². The van der Waals surface area contributed by atoms with Crippen LogP contribution >= 0.6 is 11.6 Å². The molecule has 3 aromatic heterocycles. The first-order valence-corrected chi connectivity index (χ1v) is 11.2. The number of aromatic nitrogens is 4. The van der Waals surface area contributed by atoms with Gasteiger partial charge in [-0.3, -0.25) is 9.59 Å². The van der Waals surface area contributed by atoms with Gasteiger partial charge < -0.3 is 13.9 Å². The summed E-state index contributed by atoms with van der Waals surface area (Å²) in [7, 11) is 0. The Kier molecular flexibility index (Phi) is 5.46. The maximum atomic E-state index is 13.5. The Bertz CT molecular complexity index is 1420. The molecule has 168 valence electrons. The number of hydrogen-bond donors (Lipinski definition) is 0. The Morgan fingerprint density at radius 1 is 1.21 bits per heavy atom. The van der Waals surface area contributed by atoms with Crippen molar-refractivity contribution >= 4 is 28.5 Å². The van der Waals surface area contributed by atoms with Gasteiger partial charge in [-0.05, 0) is 51.0 Å². The Morgan fingerprint density at radius 2 is 2.00 bits per heavy atom. The third-order valence-corrected chi connectivity index (χ3v) is 6.09. The molecule has 3 heterocycles. The Balaban J connectivity index is 1.49. The summed E-state index contributed by atoms with van der Waals surface area (Å²) in [6.07, 6.45) is 3.35. The molecule has 0 aliphatic heterocycles. The highest BCUT2D eigenvalue weighted by molar-refractivity contribution is 6.33. The van der Waals surface area contributed by atoms with Crippen LogP contribution in [0.1, 0.15) is 41.7 Å². The van der Waals surface area contributed by atoms with E-state index in [2.05, 4.69) is 15.2 Å². The number of benzene rings is 1. The van der Waals surface area contributed by atoms with Crippen LogP contribution in [0.4, 0.5) is 0 Å². The minimum Gasteiger partial charge on any atom is -0.419 e. The smallest absolute Gasteiger partial charge is 0.260 e. The van der Waals surface area contributed by atoms with Crippen LogP contribution in [0.15, 0.2) is 51.8 Å². The maximum Gasteiger partial charge on any atom is 0.260 e. The number of carbonyl (C=O) groups is 1. The summed E-state index contributed by atoms with van der Waals surface area (Å²) >= 11 is 6.23. The number of halogens is 1. The fraction of sp³-hybridized carbons (Fsp3) is 0.292. The second-order valence-electron chi connectivity index (χ2n) is 8.13. The lowest BCUT2D eigenvalue weighted by Crippen LogP contribution is -2.36. The number of amides is 1. The molecule has 1 aromatic carbocycles. The second-order valence-corrected chi connectivity index (χ2v) is 8.53. The number of fused-ring (bicyclic) bond motifs is 1. The van der Waals surface area contributed by atoms with E-state index in [1.54, 1.807) is 35.4 Å². The van der Waals surface area contributed by atoms with Crippen LogP contribution in [0.25, 0.3) is 22.5 Å². The minimum absolute atomic E-state index is 0.0366. The molecule has 4 aromatic rings. The van der Waals surface area contributed by atoms with Crippen molar-refractivity contribution in [2.45, 2.75) is 45.8 Å². The van der Waals surface area contributed by atoms with Crippen LogP contribution in [-0.4, -0.2) is 36.6 Å². The van der Waals surface area contributed by atoms with E-state index in [0.29, 0.717) is 39.9 Å². The van der Waals surface area contributed by atoms with Gasteiger partial charge >= 0.3 is 0 Å². The molecular weight excluding hydrogens is 442 g/mol. The molecule has 1 saturated carbocycles. The number of aryl methyl sites for hydroxylation is 2. The number of carbonyl (C=O) groups excluding carboxylic acids is 1. The van der Waals surface area contributed by atoms with Crippen molar-refractivity contribution in [2.24, 2.45) is 0 Å². The van der Waals surface area contributed by atoms with E-state index in [1.807, 2.05) is 30.5 Å². The molecule has 33 heavy (non-hydrogen) atoms. The maximum absolute atomic E-state index is 13.5. The number of pyridine rings is 2. The van der Waals surface area contributed by atoms with Crippen molar-refractivity contribution in [1.82, 2.24) is 24.6 Å². The highest BCUT2D eigenvalue weighted by atomic mass is 35.5. The Morgan fingerprint density at radius 3 is 2.73 bits per heavy atom. The van der Waals surface area contributed by atoms with Gasteiger partial charge in [-0.1, -0.05) is 23.7 Å². The van der Waals surface area contributed by atoms with Gasteiger partial charge in [0.25, 0.3) is 5.91 Å². The molecule has 5 rings (SSSR count). The van der Waals surface area contributed by atoms with Crippen LogP contribution in [0, 0.1) is 6.92 Å². The van der Waals surface area contributed by atoms with E-state index >= 15 is 0 Å². The van der Waals surface area contributed by atoms with Crippen molar-refractivity contribution in [1.29, 1.82) is 0 Å². The molecule has 0 spiro atoms. The van der Waals surface area contributed by atoms with Gasteiger partial charge in [-0.2, -0.15) is 0 Å². The summed E-state index contributed by atoms with van der Waals surface area (Å²) in [5.74, 6) is 0.239.